The second-order valence-electron chi connectivity index (χ2n) is 4.71. The SMILES string of the molecule is COc1cc(/C=C(/C#N)c2ccc(C#N)cc2)cc([N+](=O)[O-])c1O. The van der Waals surface area contributed by atoms with Gasteiger partial charge >= 0.3 is 5.69 Å². The van der Waals surface area contributed by atoms with Gasteiger partial charge in [0, 0.05) is 6.07 Å². The van der Waals surface area contributed by atoms with Crippen LogP contribution in [0.1, 0.15) is 16.7 Å². The third-order valence-corrected chi connectivity index (χ3v) is 3.25. The summed E-state index contributed by atoms with van der Waals surface area (Å²) in [6.07, 6.45) is 1.44. The number of methoxy groups -OCH3 is 1. The van der Waals surface area contributed by atoms with Crippen LogP contribution < -0.4 is 4.74 Å². The van der Waals surface area contributed by atoms with Crippen molar-refractivity contribution in [3.63, 3.8) is 0 Å². The molecule has 0 saturated heterocycles. The van der Waals surface area contributed by atoms with Gasteiger partial charge in [0.1, 0.15) is 0 Å². The number of ether oxygens (including phenoxy) is 1. The molecule has 2 rings (SSSR count). The van der Waals surface area contributed by atoms with E-state index in [0.717, 1.165) is 6.07 Å². The molecule has 118 valence electrons. The van der Waals surface area contributed by atoms with Crippen molar-refractivity contribution in [3.8, 4) is 23.6 Å². The molecule has 0 radical (unpaired) electrons. The number of nitro benzene ring substituents is 1. The first kappa shape index (κ1) is 16.5. The number of hydrogen-bond donors (Lipinski definition) is 1. The molecular weight excluding hydrogens is 310 g/mol. The second-order valence-corrected chi connectivity index (χ2v) is 4.71. The molecule has 0 atom stereocenters. The van der Waals surface area contributed by atoms with E-state index in [4.69, 9.17) is 10.00 Å². The Morgan fingerprint density at radius 2 is 1.96 bits per heavy atom. The van der Waals surface area contributed by atoms with Crippen molar-refractivity contribution in [3.05, 3.63) is 63.2 Å². The van der Waals surface area contributed by atoms with Crippen molar-refractivity contribution < 1.29 is 14.8 Å². The van der Waals surface area contributed by atoms with Crippen LogP contribution in [0, 0.1) is 32.8 Å². The van der Waals surface area contributed by atoms with Crippen LogP contribution in [0.5, 0.6) is 11.5 Å². The van der Waals surface area contributed by atoms with Crippen LogP contribution >= 0.6 is 0 Å². The van der Waals surface area contributed by atoms with Crippen molar-refractivity contribution in [1.82, 2.24) is 0 Å². The Morgan fingerprint density at radius 1 is 1.29 bits per heavy atom. The van der Waals surface area contributed by atoms with E-state index in [9.17, 15) is 20.5 Å². The van der Waals surface area contributed by atoms with E-state index in [1.165, 1.54) is 19.3 Å². The van der Waals surface area contributed by atoms with Gasteiger partial charge in [-0.15, -0.1) is 0 Å². The highest BCUT2D eigenvalue weighted by atomic mass is 16.6. The van der Waals surface area contributed by atoms with E-state index in [-0.39, 0.29) is 11.3 Å². The monoisotopic (exact) mass is 321 g/mol. The van der Waals surface area contributed by atoms with Crippen LogP contribution in [0.3, 0.4) is 0 Å². The lowest BCUT2D eigenvalue weighted by atomic mass is 10.0. The maximum Gasteiger partial charge on any atom is 0.315 e. The summed E-state index contributed by atoms with van der Waals surface area (Å²) < 4.78 is 4.93. The number of nitro groups is 1. The first-order valence-electron chi connectivity index (χ1n) is 6.68. The van der Waals surface area contributed by atoms with Gasteiger partial charge in [-0.25, -0.2) is 0 Å². The van der Waals surface area contributed by atoms with E-state index in [2.05, 4.69) is 0 Å². The van der Waals surface area contributed by atoms with Gasteiger partial charge in [-0.05, 0) is 35.4 Å². The first-order chi connectivity index (χ1) is 11.5. The van der Waals surface area contributed by atoms with Crippen LogP contribution in [0.15, 0.2) is 36.4 Å². The molecular formula is C17H11N3O4. The van der Waals surface area contributed by atoms with Gasteiger partial charge in [0.15, 0.2) is 5.75 Å². The van der Waals surface area contributed by atoms with Crippen LogP contribution in [-0.4, -0.2) is 17.1 Å². The molecule has 0 saturated carbocycles. The number of benzene rings is 2. The third-order valence-electron chi connectivity index (χ3n) is 3.25. The Kier molecular flexibility index (Phi) is 4.78. The zero-order chi connectivity index (χ0) is 17.7. The molecule has 1 N–H and O–H groups in total. The van der Waals surface area contributed by atoms with Crippen LogP contribution in [-0.2, 0) is 0 Å². The molecule has 0 aromatic heterocycles. The van der Waals surface area contributed by atoms with Gasteiger partial charge in [-0.2, -0.15) is 10.5 Å². The largest absolute Gasteiger partial charge is 0.500 e. The van der Waals surface area contributed by atoms with Gasteiger partial charge in [0.05, 0.1) is 35.3 Å². The summed E-state index contributed by atoms with van der Waals surface area (Å²) in [7, 11) is 1.28. The summed E-state index contributed by atoms with van der Waals surface area (Å²) in [5, 5.41) is 38.9. The average Bonchev–Trinajstić information content (AvgIpc) is 2.60. The van der Waals surface area contributed by atoms with Crippen LogP contribution in [0.2, 0.25) is 0 Å². The second kappa shape index (κ2) is 6.95. The number of hydrogen-bond acceptors (Lipinski definition) is 6. The molecule has 7 heteroatoms. The van der Waals surface area contributed by atoms with Gasteiger partial charge in [0.25, 0.3) is 0 Å². The van der Waals surface area contributed by atoms with Crippen molar-refractivity contribution in [1.29, 1.82) is 10.5 Å². The van der Waals surface area contributed by atoms with Gasteiger partial charge in [-0.1, -0.05) is 12.1 Å². The number of rotatable bonds is 4. The topological polar surface area (TPSA) is 120 Å². The van der Waals surface area contributed by atoms with Crippen molar-refractivity contribution in [2.75, 3.05) is 7.11 Å². The van der Waals surface area contributed by atoms with Crippen molar-refractivity contribution >= 4 is 17.3 Å². The Labute approximate surface area is 137 Å². The Hall–Kier alpha value is -3.84. The molecule has 0 amide bonds. The maximum absolute atomic E-state index is 11.0. The van der Waals surface area contributed by atoms with E-state index < -0.39 is 16.4 Å². The number of nitriles is 2. The summed E-state index contributed by atoms with van der Waals surface area (Å²) >= 11 is 0. The smallest absolute Gasteiger partial charge is 0.315 e. The molecule has 7 nitrogen and oxygen atoms in total. The highest BCUT2D eigenvalue weighted by Crippen LogP contribution is 2.37. The summed E-state index contributed by atoms with van der Waals surface area (Å²) in [5.74, 6) is -0.635. The van der Waals surface area contributed by atoms with E-state index in [0.29, 0.717) is 16.7 Å². The lowest BCUT2D eigenvalue weighted by molar-refractivity contribution is -0.386. The molecule has 0 spiro atoms. The lowest BCUT2D eigenvalue weighted by Crippen LogP contribution is -1.93. The molecule has 0 heterocycles. The van der Waals surface area contributed by atoms with Gasteiger partial charge < -0.3 is 9.84 Å². The molecule has 2 aromatic rings. The Morgan fingerprint density at radius 3 is 2.46 bits per heavy atom. The highest BCUT2D eigenvalue weighted by molar-refractivity contribution is 5.90. The zero-order valence-corrected chi connectivity index (χ0v) is 12.6. The minimum atomic E-state index is -0.733. The minimum Gasteiger partial charge on any atom is -0.500 e. The summed E-state index contributed by atoms with van der Waals surface area (Å²) in [5.41, 5.74) is 1.08. The fourth-order valence-electron chi connectivity index (χ4n) is 2.06. The quantitative estimate of drug-likeness (QED) is 0.399. The van der Waals surface area contributed by atoms with E-state index in [1.807, 2.05) is 12.1 Å². The van der Waals surface area contributed by atoms with E-state index >= 15 is 0 Å². The number of nitrogens with zero attached hydrogens (tertiary/aromatic N) is 3. The maximum atomic E-state index is 11.0. The first-order valence-corrected chi connectivity index (χ1v) is 6.68. The standard InChI is InChI=1S/C17H11N3O4/c1-24-16-8-12(7-15(17(16)21)20(22)23)6-14(10-19)13-4-2-11(9-18)3-5-13/h2-8,21H,1H3/b14-6-. The fourth-order valence-corrected chi connectivity index (χ4v) is 2.06. The molecule has 2 aromatic carbocycles. The molecule has 0 aliphatic carbocycles. The zero-order valence-electron chi connectivity index (χ0n) is 12.6. The third kappa shape index (κ3) is 3.32. The molecule has 0 aliphatic heterocycles. The average molecular weight is 321 g/mol. The Bertz CT molecular complexity index is 903. The fraction of sp³-hybridized carbons (Fsp3) is 0.0588. The molecule has 0 aliphatic rings. The predicted molar refractivity (Wildman–Crippen MR) is 86.0 cm³/mol. The van der Waals surface area contributed by atoms with Crippen LogP contribution in [0.25, 0.3) is 11.6 Å². The molecule has 0 unspecified atom stereocenters. The summed E-state index contributed by atoms with van der Waals surface area (Å²) in [6.45, 7) is 0. The lowest BCUT2D eigenvalue weighted by Gasteiger charge is -2.06. The van der Waals surface area contributed by atoms with E-state index in [1.54, 1.807) is 24.3 Å². The summed E-state index contributed by atoms with van der Waals surface area (Å²) in [6, 6.07) is 12.9. The Balaban J connectivity index is 2.55. The molecule has 0 fully saturated rings. The molecule has 0 bridgehead atoms. The number of phenols is 1. The number of phenolic OH excluding ortho intramolecular Hbond substituents is 1. The predicted octanol–water partition coefficient (Wildman–Crippen LogP) is 3.24. The highest BCUT2D eigenvalue weighted by Gasteiger charge is 2.19. The van der Waals surface area contributed by atoms with Crippen LogP contribution in [0.4, 0.5) is 5.69 Å². The minimum absolute atomic E-state index is 0.0624. The number of allylic oxidation sites excluding steroid dienone is 1. The van der Waals surface area contributed by atoms with Gasteiger partial charge in [-0.3, -0.25) is 10.1 Å². The summed E-state index contributed by atoms with van der Waals surface area (Å²) in [4.78, 5) is 10.3. The van der Waals surface area contributed by atoms with Crippen molar-refractivity contribution in [2.45, 2.75) is 0 Å². The normalized spacial score (nSPS) is 10.5. The molecule has 24 heavy (non-hydrogen) atoms. The number of aromatic hydroxyl groups is 1. The van der Waals surface area contributed by atoms with Gasteiger partial charge in [0.2, 0.25) is 5.75 Å². The van der Waals surface area contributed by atoms with Crippen molar-refractivity contribution in [2.24, 2.45) is 0 Å².